The Labute approximate surface area is 137 Å². The number of carbonyl (C=O) groups excluding carboxylic acids is 1. The summed E-state index contributed by atoms with van der Waals surface area (Å²) in [5.41, 5.74) is -0.767. The van der Waals surface area contributed by atoms with E-state index in [1.807, 2.05) is 0 Å². The van der Waals surface area contributed by atoms with Gasteiger partial charge in [-0.25, -0.2) is 14.6 Å². The number of nitrogens with zero attached hydrogens (tertiary/aromatic N) is 11. The molecule has 0 saturated heterocycles. The Bertz CT molecular complexity index is 1130. The Morgan fingerprint density at radius 3 is 2.76 bits per heavy atom. The highest BCUT2D eigenvalue weighted by molar-refractivity contribution is 6.01. The van der Waals surface area contributed by atoms with Crippen molar-refractivity contribution in [2.75, 3.05) is 5.32 Å². The molecule has 4 rings (SSSR count). The van der Waals surface area contributed by atoms with Crippen molar-refractivity contribution < 1.29 is 4.79 Å². The fourth-order valence-electron chi connectivity index (χ4n) is 1.99. The molecule has 1 amide bonds. The lowest BCUT2D eigenvalue weighted by Gasteiger charge is -2.02. The van der Waals surface area contributed by atoms with E-state index in [1.165, 1.54) is 46.0 Å². The monoisotopic (exact) mass is 340 g/mol. The molecule has 0 aliphatic carbocycles. The van der Waals surface area contributed by atoms with Crippen molar-refractivity contribution in [3.8, 4) is 5.69 Å². The van der Waals surface area contributed by atoms with E-state index < -0.39 is 17.2 Å². The number of hydrogen-bond donors (Lipinski definition) is 1. The van der Waals surface area contributed by atoms with E-state index in [0.717, 1.165) is 0 Å². The number of fused-ring (bicyclic) bond motifs is 1. The average molecular weight is 340 g/mol. The van der Waals surface area contributed by atoms with E-state index in [1.54, 1.807) is 0 Å². The predicted octanol–water partition coefficient (Wildman–Crippen LogP) is -2.16. The molecule has 0 aromatic carbocycles. The van der Waals surface area contributed by atoms with E-state index in [0.29, 0.717) is 5.69 Å². The van der Waals surface area contributed by atoms with Crippen LogP contribution in [0.4, 0.5) is 5.95 Å². The topological polar surface area (TPSA) is 164 Å². The molecule has 4 aromatic rings. The van der Waals surface area contributed by atoms with Gasteiger partial charge in [-0.2, -0.15) is 24.4 Å². The van der Waals surface area contributed by atoms with Crippen LogP contribution in [0, 0.1) is 0 Å². The van der Waals surface area contributed by atoms with Gasteiger partial charge in [0, 0.05) is 7.05 Å². The van der Waals surface area contributed by atoms with Crippen LogP contribution >= 0.6 is 0 Å². The Hall–Kier alpha value is -4.10. The summed E-state index contributed by atoms with van der Waals surface area (Å²) in [7, 11) is 1.53. The Morgan fingerprint density at radius 1 is 1.24 bits per heavy atom. The van der Waals surface area contributed by atoms with Crippen molar-refractivity contribution in [1.82, 2.24) is 54.6 Å². The lowest BCUT2D eigenvalue weighted by molar-refractivity contribution is 0.101. The zero-order valence-corrected chi connectivity index (χ0v) is 12.5. The summed E-state index contributed by atoms with van der Waals surface area (Å²) in [4.78, 5) is 36.0. The van der Waals surface area contributed by atoms with Crippen molar-refractivity contribution in [2.24, 2.45) is 7.05 Å². The third kappa shape index (κ3) is 2.46. The molecule has 0 radical (unpaired) electrons. The second-order valence-electron chi connectivity index (χ2n) is 4.73. The average Bonchev–Trinajstić information content (AvgIpc) is 3.21. The number of rotatable bonds is 3. The second kappa shape index (κ2) is 5.52. The molecule has 0 aliphatic heterocycles. The summed E-state index contributed by atoms with van der Waals surface area (Å²) >= 11 is 0. The highest BCUT2D eigenvalue weighted by Gasteiger charge is 2.19. The molecular weight excluding hydrogens is 332 g/mol. The van der Waals surface area contributed by atoms with Gasteiger partial charge >= 0.3 is 5.56 Å². The standard InChI is InChI=1S/C11H8N12O2/c1-21-10(17-19-20-21)15-8(24)7-9(25)16-11-22(18-7)5-14-23(11)6-2-12-4-13-3-6/h2-5H,1H3,(H,15,17,20,24). The van der Waals surface area contributed by atoms with E-state index in [4.69, 9.17) is 0 Å². The molecule has 4 aromatic heterocycles. The number of hydrogen-bond acceptors (Lipinski definition) is 10. The molecule has 14 heteroatoms. The fraction of sp³-hybridized carbons (Fsp3) is 0.0909. The molecule has 0 unspecified atom stereocenters. The molecule has 0 saturated carbocycles. The number of anilines is 1. The van der Waals surface area contributed by atoms with E-state index in [9.17, 15) is 9.59 Å². The Morgan fingerprint density at radius 2 is 2.04 bits per heavy atom. The molecule has 25 heavy (non-hydrogen) atoms. The van der Waals surface area contributed by atoms with E-state index >= 15 is 0 Å². The van der Waals surface area contributed by atoms with E-state index in [-0.39, 0.29) is 11.7 Å². The number of tetrazole rings is 1. The first-order chi connectivity index (χ1) is 12.1. The molecule has 0 atom stereocenters. The third-order valence-electron chi connectivity index (χ3n) is 3.13. The normalized spacial score (nSPS) is 10.9. The van der Waals surface area contributed by atoms with Gasteiger partial charge in [0.25, 0.3) is 11.7 Å². The van der Waals surface area contributed by atoms with Crippen LogP contribution in [-0.2, 0) is 7.05 Å². The first-order valence-electron chi connectivity index (χ1n) is 6.77. The quantitative estimate of drug-likeness (QED) is 0.434. The van der Waals surface area contributed by atoms with Gasteiger partial charge in [0.1, 0.15) is 18.3 Å². The van der Waals surface area contributed by atoms with Crippen LogP contribution in [0.15, 0.2) is 29.8 Å². The van der Waals surface area contributed by atoms with Gasteiger partial charge in [0.2, 0.25) is 11.6 Å². The highest BCUT2D eigenvalue weighted by atomic mass is 16.2. The molecule has 0 fully saturated rings. The van der Waals surface area contributed by atoms with Crippen molar-refractivity contribution >= 4 is 17.6 Å². The van der Waals surface area contributed by atoms with Crippen LogP contribution in [-0.4, -0.2) is 60.5 Å². The van der Waals surface area contributed by atoms with Gasteiger partial charge in [-0.3, -0.25) is 14.9 Å². The van der Waals surface area contributed by atoms with Crippen molar-refractivity contribution in [3.05, 3.63) is 41.1 Å². The maximum atomic E-state index is 12.2. The van der Waals surface area contributed by atoms with Crippen LogP contribution in [0.2, 0.25) is 0 Å². The van der Waals surface area contributed by atoms with Crippen LogP contribution in [0.3, 0.4) is 0 Å². The lowest BCUT2D eigenvalue weighted by atomic mass is 10.4. The third-order valence-corrected chi connectivity index (χ3v) is 3.13. The minimum atomic E-state index is -0.828. The SMILES string of the molecule is Cn1nnnc1NC(=O)c1nn2cnn(-c3cncnc3)c2nc1=O. The first kappa shape index (κ1) is 14.5. The van der Waals surface area contributed by atoms with Gasteiger partial charge in [0.15, 0.2) is 0 Å². The van der Waals surface area contributed by atoms with Crippen molar-refractivity contribution in [2.45, 2.75) is 0 Å². The fourth-order valence-corrected chi connectivity index (χ4v) is 1.99. The van der Waals surface area contributed by atoms with E-state index in [2.05, 4.69) is 46.0 Å². The molecule has 1 N–H and O–H groups in total. The molecule has 124 valence electrons. The van der Waals surface area contributed by atoms with Crippen LogP contribution < -0.4 is 10.9 Å². The van der Waals surface area contributed by atoms with Crippen LogP contribution in [0.1, 0.15) is 10.5 Å². The van der Waals surface area contributed by atoms with Gasteiger partial charge in [-0.05, 0) is 10.4 Å². The number of nitrogens with one attached hydrogen (secondary N) is 1. The molecule has 0 spiro atoms. The van der Waals surface area contributed by atoms with Gasteiger partial charge < -0.3 is 0 Å². The smallest absolute Gasteiger partial charge is 0.288 e. The van der Waals surface area contributed by atoms with Crippen molar-refractivity contribution in [1.29, 1.82) is 0 Å². The highest BCUT2D eigenvalue weighted by Crippen LogP contribution is 2.06. The summed E-state index contributed by atoms with van der Waals surface area (Å²) in [5, 5.41) is 20.9. The maximum absolute atomic E-state index is 12.2. The first-order valence-corrected chi connectivity index (χ1v) is 6.77. The summed E-state index contributed by atoms with van der Waals surface area (Å²) in [5.74, 6) is -0.620. The Kier molecular flexibility index (Phi) is 3.20. The number of carbonyl (C=O) groups is 1. The zero-order valence-electron chi connectivity index (χ0n) is 12.5. The zero-order chi connectivity index (χ0) is 17.4. The molecular formula is C11H8N12O2. The van der Waals surface area contributed by atoms with Gasteiger partial charge in [0.05, 0.1) is 12.4 Å². The summed E-state index contributed by atoms with van der Waals surface area (Å²) < 4.78 is 3.75. The molecule has 4 heterocycles. The minimum absolute atomic E-state index is 0.0634. The number of amides is 1. The molecule has 0 aliphatic rings. The predicted molar refractivity (Wildman–Crippen MR) is 78.7 cm³/mol. The second-order valence-corrected chi connectivity index (χ2v) is 4.73. The maximum Gasteiger partial charge on any atom is 0.306 e. The van der Waals surface area contributed by atoms with Gasteiger partial charge in [-0.1, -0.05) is 5.10 Å². The van der Waals surface area contributed by atoms with Crippen molar-refractivity contribution in [3.63, 3.8) is 0 Å². The summed E-state index contributed by atoms with van der Waals surface area (Å²) in [6.07, 6.45) is 5.65. The molecule has 0 bridgehead atoms. The lowest BCUT2D eigenvalue weighted by Crippen LogP contribution is -2.28. The largest absolute Gasteiger partial charge is 0.306 e. The Balaban J connectivity index is 1.75. The van der Waals surface area contributed by atoms with Gasteiger partial charge in [-0.15, -0.1) is 0 Å². The number of aromatic nitrogens is 11. The number of aryl methyl sites for hydroxylation is 1. The van der Waals surface area contributed by atoms with Crippen LogP contribution in [0.25, 0.3) is 11.5 Å². The summed E-state index contributed by atoms with van der Waals surface area (Å²) in [6, 6.07) is 0. The van der Waals surface area contributed by atoms with Crippen LogP contribution in [0.5, 0.6) is 0 Å². The summed E-state index contributed by atoms with van der Waals surface area (Å²) in [6.45, 7) is 0. The molecule has 14 nitrogen and oxygen atoms in total. The minimum Gasteiger partial charge on any atom is -0.288 e.